The predicted molar refractivity (Wildman–Crippen MR) is 83.4 cm³/mol. The van der Waals surface area contributed by atoms with Crippen LogP contribution < -0.4 is 10.6 Å². The number of nitriles is 1. The highest BCUT2D eigenvalue weighted by atomic mass is 79.9. The smallest absolute Gasteiger partial charge is 0.226 e. The Bertz CT molecular complexity index is 849. The summed E-state index contributed by atoms with van der Waals surface area (Å²) in [6, 6.07) is 7.52. The molecule has 0 spiro atoms. The van der Waals surface area contributed by atoms with Crippen LogP contribution in [0.1, 0.15) is 5.56 Å². The maximum atomic E-state index is 9.19. The van der Waals surface area contributed by atoms with E-state index in [0.29, 0.717) is 28.7 Å². The Labute approximate surface area is 128 Å². The number of fused-ring (bicyclic) bond motifs is 1. The molecule has 3 aromatic rings. The van der Waals surface area contributed by atoms with Crippen LogP contribution in [0.3, 0.4) is 0 Å². The summed E-state index contributed by atoms with van der Waals surface area (Å²) in [5, 5.41) is 22.8. The lowest BCUT2D eigenvalue weighted by Crippen LogP contribution is -2.02. The van der Waals surface area contributed by atoms with Gasteiger partial charge in [0.2, 0.25) is 5.95 Å². The SMILES string of the molecule is CNc1nc(Nc2cc(Br)ccc2C#N)c2cn[nH]c2n1. The first-order chi connectivity index (χ1) is 10.2. The minimum atomic E-state index is 0.461. The fraction of sp³-hybridized carbons (Fsp3) is 0.0769. The van der Waals surface area contributed by atoms with E-state index in [1.807, 2.05) is 12.1 Å². The molecule has 0 aliphatic heterocycles. The van der Waals surface area contributed by atoms with Gasteiger partial charge in [0.15, 0.2) is 5.65 Å². The van der Waals surface area contributed by atoms with E-state index in [1.54, 1.807) is 19.3 Å². The van der Waals surface area contributed by atoms with Gasteiger partial charge in [0.1, 0.15) is 11.9 Å². The molecule has 0 bridgehead atoms. The van der Waals surface area contributed by atoms with Crippen LogP contribution in [0.4, 0.5) is 17.5 Å². The lowest BCUT2D eigenvalue weighted by Gasteiger charge is -2.10. The summed E-state index contributed by atoms with van der Waals surface area (Å²) < 4.78 is 0.871. The maximum absolute atomic E-state index is 9.19. The van der Waals surface area contributed by atoms with E-state index in [2.05, 4.69) is 52.8 Å². The lowest BCUT2D eigenvalue weighted by atomic mass is 10.2. The molecular formula is C13H10BrN7. The van der Waals surface area contributed by atoms with Gasteiger partial charge in [-0.1, -0.05) is 15.9 Å². The molecule has 0 atom stereocenters. The number of nitrogens with one attached hydrogen (secondary N) is 3. The highest BCUT2D eigenvalue weighted by Gasteiger charge is 2.11. The second-order valence-corrected chi connectivity index (χ2v) is 5.12. The van der Waals surface area contributed by atoms with Gasteiger partial charge in [-0.05, 0) is 18.2 Å². The van der Waals surface area contributed by atoms with Crippen LogP contribution in [0.2, 0.25) is 0 Å². The van der Waals surface area contributed by atoms with E-state index in [-0.39, 0.29) is 0 Å². The Balaban J connectivity index is 2.12. The van der Waals surface area contributed by atoms with E-state index in [9.17, 15) is 5.26 Å². The number of rotatable bonds is 3. The van der Waals surface area contributed by atoms with Crippen molar-refractivity contribution in [2.75, 3.05) is 17.7 Å². The van der Waals surface area contributed by atoms with Crippen LogP contribution in [0.15, 0.2) is 28.9 Å². The second kappa shape index (κ2) is 5.38. The Hall–Kier alpha value is -2.66. The number of hydrogen-bond acceptors (Lipinski definition) is 6. The zero-order valence-corrected chi connectivity index (χ0v) is 12.6. The molecule has 21 heavy (non-hydrogen) atoms. The van der Waals surface area contributed by atoms with E-state index in [4.69, 9.17) is 0 Å². The zero-order valence-electron chi connectivity index (χ0n) is 11.0. The Morgan fingerprint density at radius 3 is 2.95 bits per heavy atom. The summed E-state index contributed by atoms with van der Waals surface area (Å²) in [5.41, 5.74) is 1.81. The van der Waals surface area contributed by atoms with Crippen LogP contribution in [0, 0.1) is 11.3 Å². The van der Waals surface area contributed by atoms with Crippen molar-refractivity contribution in [3.05, 3.63) is 34.4 Å². The van der Waals surface area contributed by atoms with Crippen molar-refractivity contribution in [3.8, 4) is 6.07 Å². The summed E-state index contributed by atoms with van der Waals surface area (Å²) in [6.07, 6.45) is 1.64. The van der Waals surface area contributed by atoms with Crippen molar-refractivity contribution >= 4 is 44.4 Å². The van der Waals surface area contributed by atoms with Crippen LogP contribution >= 0.6 is 15.9 Å². The number of halogens is 1. The van der Waals surface area contributed by atoms with Crippen LogP contribution in [0.5, 0.6) is 0 Å². The summed E-state index contributed by atoms with van der Waals surface area (Å²) in [4.78, 5) is 8.64. The zero-order chi connectivity index (χ0) is 14.8. The standard InChI is InChI=1S/C13H10BrN7/c1-16-13-19-11(9-6-17-21-12(9)20-13)18-10-4-8(14)3-2-7(10)5-15/h2-4,6H,1H3,(H3,16,17,18,19,20,21). The number of benzene rings is 1. The molecule has 7 nitrogen and oxygen atoms in total. The number of H-pyrrole nitrogens is 1. The lowest BCUT2D eigenvalue weighted by molar-refractivity contribution is 1.09. The number of anilines is 3. The van der Waals surface area contributed by atoms with Gasteiger partial charge < -0.3 is 10.6 Å². The van der Waals surface area contributed by atoms with E-state index in [0.717, 1.165) is 9.86 Å². The first-order valence-corrected chi connectivity index (χ1v) is 6.86. The number of nitrogens with zero attached hydrogens (tertiary/aromatic N) is 4. The van der Waals surface area contributed by atoms with Crippen molar-refractivity contribution in [2.24, 2.45) is 0 Å². The molecule has 0 saturated heterocycles. The van der Waals surface area contributed by atoms with Gasteiger partial charge in [0, 0.05) is 11.5 Å². The monoisotopic (exact) mass is 343 g/mol. The van der Waals surface area contributed by atoms with Crippen molar-refractivity contribution in [1.82, 2.24) is 20.2 Å². The van der Waals surface area contributed by atoms with Crippen molar-refractivity contribution in [1.29, 1.82) is 5.26 Å². The fourth-order valence-electron chi connectivity index (χ4n) is 1.89. The highest BCUT2D eigenvalue weighted by molar-refractivity contribution is 9.10. The molecule has 2 heterocycles. The summed E-state index contributed by atoms with van der Waals surface area (Å²) in [5.74, 6) is 1.04. The minimum Gasteiger partial charge on any atom is -0.357 e. The Morgan fingerprint density at radius 2 is 2.19 bits per heavy atom. The molecule has 0 amide bonds. The predicted octanol–water partition coefficient (Wildman–Crippen LogP) is 2.77. The first kappa shape index (κ1) is 13.3. The molecule has 3 rings (SSSR count). The molecule has 0 unspecified atom stereocenters. The summed E-state index contributed by atoms with van der Waals surface area (Å²) in [7, 11) is 1.74. The molecule has 3 N–H and O–H groups in total. The second-order valence-electron chi connectivity index (χ2n) is 4.20. The van der Waals surface area contributed by atoms with E-state index >= 15 is 0 Å². The molecular weight excluding hydrogens is 334 g/mol. The molecule has 1 aromatic carbocycles. The van der Waals surface area contributed by atoms with Crippen LogP contribution in [-0.4, -0.2) is 27.2 Å². The average molecular weight is 344 g/mol. The minimum absolute atomic E-state index is 0.461. The third-order valence-corrected chi connectivity index (χ3v) is 3.38. The fourth-order valence-corrected chi connectivity index (χ4v) is 2.25. The molecule has 0 radical (unpaired) electrons. The molecule has 0 aliphatic rings. The Morgan fingerprint density at radius 1 is 1.33 bits per heavy atom. The molecule has 8 heteroatoms. The van der Waals surface area contributed by atoms with Crippen molar-refractivity contribution in [3.63, 3.8) is 0 Å². The van der Waals surface area contributed by atoms with Gasteiger partial charge in [0.25, 0.3) is 0 Å². The highest BCUT2D eigenvalue weighted by Crippen LogP contribution is 2.27. The van der Waals surface area contributed by atoms with Crippen LogP contribution in [0.25, 0.3) is 11.0 Å². The third-order valence-electron chi connectivity index (χ3n) is 2.89. The van der Waals surface area contributed by atoms with Crippen LogP contribution in [-0.2, 0) is 0 Å². The van der Waals surface area contributed by atoms with Gasteiger partial charge >= 0.3 is 0 Å². The molecule has 2 aromatic heterocycles. The normalized spacial score (nSPS) is 10.3. The summed E-state index contributed by atoms with van der Waals surface area (Å²) >= 11 is 3.40. The Kier molecular flexibility index (Phi) is 3.41. The molecule has 0 aliphatic carbocycles. The van der Waals surface area contributed by atoms with Gasteiger partial charge in [-0.2, -0.15) is 20.3 Å². The van der Waals surface area contributed by atoms with Gasteiger partial charge in [-0.15, -0.1) is 0 Å². The van der Waals surface area contributed by atoms with Gasteiger partial charge in [-0.3, -0.25) is 5.10 Å². The number of aromatic nitrogens is 4. The van der Waals surface area contributed by atoms with E-state index in [1.165, 1.54) is 0 Å². The maximum Gasteiger partial charge on any atom is 0.226 e. The average Bonchev–Trinajstić information content (AvgIpc) is 2.96. The molecule has 0 fully saturated rings. The largest absolute Gasteiger partial charge is 0.357 e. The van der Waals surface area contributed by atoms with Gasteiger partial charge in [0.05, 0.1) is 22.8 Å². The van der Waals surface area contributed by atoms with E-state index < -0.39 is 0 Å². The third kappa shape index (κ3) is 2.51. The van der Waals surface area contributed by atoms with Gasteiger partial charge in [-0.25, -0.2) is 0 Å². The number of aromatic amines is 1. The topological polar surface area (TPSA) is 102 Å². The summed E-state index contributed by atoms with van der Waals surface area (Å²) in [6.45, 7) is 0. The molecule has 104 valence electrons. The number of hydrogen-bond donors (Lipinski definition) is 3. The van der Waals surface area contributed by atoms with Crippen molar-refractivity contribution < 1.29 is 0 Å². The van der Waals surface area contributed by atoms with Crippen molar-refractivity contribution in [2.45, 2.75) is 0 Å². The molecule has 0 saturated carbocycles. The first-order valence-electron chi connectivity index (χ1n) is 6.07. The quantitative estimate of drug-likeness (QED) is 0.675.